The lowest BCUT2D eigenvalue weighted by atomic mass is 10.1. The summed E-state index contributed by atoms with van der Waals surface area (Å²) in [7, 11) is 0. The number of ether oxygens (including phenoxy) is 1. The van der Waals surface area contributed by atoms with Crippen LogP contribution in [0.25, 0.3) is 10.4 Å². The molecule has 0 aliphatic carbocycles. The van der Waals surface area contributed by atoms with Gasteiger partial charge in [-0.05, 0) is 68.9 Å². The lowest BCUT2D eigenvalue weighted by Crippen LogP contribution is -2.22. The molecule has 0 saturated carbocycles. The topological polar surface area (TPSA) is 53.6 Å². The van der Waals surface area contributed by atoms with Crippen LogP contribution in [0.3, 0.4) is 0 Å². The fourth-order valence-electron chi connectivity index (χ4n) is 3.20. The van der Waals surface area contributed by atoms with E-state index in [4.69, 9.17) is 17.0 Å². The van der Waals surface area contributed by atoms with Crippen LogP contribution < -0.4 is 15.5 Å². The zero-order valence-electron chi connectivity index (χ0n) is 18.0. The van der Waals surface area contributed by atoms with E-state index in [2.05, 4.69) is 41.5 Å². The third kappa shape index (κ3) is 5.83. The number of carbonyl (C=O) groups excluding carboxylic acids is 1. The molecule has 0 spiro atoms. The predicted octanol–water partition coefficient (Wildman–Crippen LogP) is 6.25. The van der Waals surface area contributed by atoms with Crippen molar-refractivity contribution in [2.45, 2.75) is 20.8 Å². The molecule has 0 atom stereocenters. The Kier molecular flexibility index (Phi) is 8.03. The highest BCUT2D eigenvalue weighted by atomic mass is 32.1. The number of thiophene rings is 1. The standard InChI is InChI=1S/C24H27N3O2S2/c1-4-27(5-2)19-14-12-18(13-15-19)25-24(30)26-22-20(23(28)29-6-3)16-21(31-22)17-10-8-7-9-11-17/h7-16H,4-6H2,1-3H3,(H2,25,26,30). The summed E-state index contributed by atoms with van der Waals surface area (Å²) < 4.78 is 5.23. The number of nitrogens with one attached hydrogen (secondary N) is 2. The van der Waals surface area contributed by atoms with Crippen LogP contribution in [-0.4, -0.2) is 30.8 Å². The van der Waals surface area contributed by atoms with Crippen LogP contribution in [-0.2, 0) is 4.74 Å². The second kappa shape index (κ2) is 10.9. The van der Waals surface area contributed by atoms with Crippen LogP contribution in [0.15, 0.2) is 60.7 Å². The van der Waals surface area contributed by atoms with Crippen LogP contribution in [0.1, 0.15) is 31.1 Å². The van der Waals surface area contributed by atoms with E-state index in [0.29, 0.717) is 22.3 Å². The molecule has 3 aromatic rings. The summed E-state index contributed by atoms with van der Waals surface area (Å²) in [6.07, 6.45) is 0. The minimum Gasteiger partial charge on any atom is -0.462 e. The van der Waals surface area contributed by atoms with Crippen molar-refractivity contribution in [3.63, 3.8) is 0 Å². The average Bonchev–Trinajstić information content (AvgIpc) is 3.20. The largest absolute Gasteiger partial charge is 0.462 e. The second-order valence-corrected chi connectivity index (χ2v) is 8.20. The first-order valence-electron chi connectivity index (χ1n) is 10.3. The van der Waals surface area contributed by atoms with Gasteiger partial charge >= 0.3 is 5.97 Å². The van der Waals surface area contributed by atoms with Crippen molar-refractivity contribution >= 4 is 51.0 Å². The van der Waals surface area contributed by atoms with Crippen molar-refractivity contribution in [3.8, 4) is 10.4 Å². The zero-order chi connectivity index (χ0) is 22.2. The minimum absolute atomic E-state index is 0.316. The Labute approximate surface area is 193 Å². The molecule has 0 fully saturated rings. The maximum absolute atomic E-state index is 12.5. The molecule has 0 unspecified atom stereocenters. The number of anilines is 3. The van der Waals surface area contributed by atoms with Crippen molar-refractivity contribution < 1.29 is 9.53 Å². The Bertz CT molecular complexity index is 1010. The van der Waals surface area contributed by atoms with E-state index in [9.17, 15) is 4.79 Å². The van der Waals surface area contributed by atoms with E-state index in [1.165, 1.54) is 17.0 Å². The maximum Gasteiger partial charge on any atom is 0.341 e. The van der Waals surface area contributed by atoms with E-state index in [1.54, 1.807) is 6.92 Å². The van der Waals surface area contributed by atoms with E-state index >= 15 is 0 Å². The predicted molar refractivity (Wildman–Crippen MR) is 136 cm³/mol. The smallest absolute Gasteiger partial charge is 0.341 e. The van der Waals surface area contributed by atoms with Crippen LogP contribution >= 0.6 is 23.6 Å². The van der Waals surface area contributed by atoms with Crippen molar-refractivity contribution in [3.05, 3.63) is 66.2 Å². The first-order valence-corrected chi connectivity index (χ1v) is 11.6. The number of rotatable bonds is 8. The molecular weight excluding hydrogens is 426 g/mol. The molecule has 2 aromatic carbocycles. The monoisotopic (exact) mass is 453 g/mol. The van der Waals surface area contributed by atoms with Crippen LogP contribution in [0, 0.1) is 0 Å². The molecule has 2 N–H and O–H groups in total. The van der Waals surface area contributed by atoms with E-state index < -0.39 is 0 Å². The van der Waals surface area contributed by atoms with Crippen molar-refractivity contribution in [1.82, 2.24) is 0 Å². The highest BCUT2D eigenvalue weighted by Gasteiger charge is 2.19. The number of nitrogens with zero attached hydrogens (tertiary/aromatic N) is 1. The molecule has 162 valence electrons. The fourth-order valence-corrected chi connectivity index (χ4v) is 4.54. The summed E-state index contributed by atoms with van der Waals surface area (Å²) in [5.41, 5.74) is 3.57. The quantitative estimate of drug-likeness (QED) is 0.311. The SMILES string of the molecule is CCOC(=O)c1cc(-c2ccccc2)sc1NC(=S)Nc1ccc(N(CC)CC)cc1. The van der Waals surface area contributed by atoms with Crippen LogP contribution in [0.5, 0.6) is 0 Å². The molecule has 1 aromatic heterocycles. The van der Waals surface area contributed by atoms with Gasteiger partial charge in [0.05, 0.1) is 12.2 Å². The van der Waals surface area contributed by atoms with Gasteiger partial charge in [-0.3, -0.25) is 0 Å². The molecule has 5 nitrogen and oxygen atoms in total. The molecule has 0 aliphatic rings. The van der Waals surface area contributed by atoms with Gasteiger partial charge in [0.1, 0.15) is 5.00 Å². The normalized spacial score (nSPS) is 10.4. The molecule has 3 rings (SSSR count). The van der Waals surface area contributed by atoms with E-state index in [1.807, 2.05) is 48.5 Å². The summed E-state index contributed by atoms with van der Waals surface area (Å²) in [6.45, 7) is 8.31. The molecule has 0 radical (unpaired) electrons. The van der Waals surface area contributed by atoms with Crippen LogP contribution in [0.4, 0.5) is 16.4 Å². The molecule has 0 saturated heterocycles. The number of carbonyl (C=O) groups is 1. The minimum atomic E-state index is -0.366. The number of hydrogen-bond donors (Lipinski definition) is 2. The van der Waals surface area contributed by atoms with Gasteiger partial charge in [0, 0.05) is 29.3 Å². The van der Waals surface area contributed by atoms with Crippen molar-refractivity contribution in [2.24, 2.45) is 0 Å². The Balaban J connectivity index is 1.76. The van der Waals surface area contributed by atoms with Crippen LogP contribution in [0.2, 0.25) is 0 Å². The van der Waals surface area contributed by atoms with E-state index in [-0.39, 0.29) is 5.97 Å². The van der Waals surface area contributed by atoms with Crippen molar-refractivity contribution in [1.29, 1.82) is 0 Å². The number of esters is 1. The fraction of sp³-hybridized carbons (Fsp3) is 0.250. The Morgan fingerprint density at radius 1 is 1.00 bits per heavy atom. The molecule has 0 amide bonds. The highest BCUT2D eigenvalue weighted by Crippen LogP contribution is 2.36. The lowest BCUT2D eigenvalue weighted by Gasteiger charge is -2.21. The molecule has 31 heavy (non-hydrogen) atoms. The summed E-state index contributed by atoms with van der Waals surface area (Å²) >= 11 is 6.98. The Morgan fingerprint density at radius 3 is 2.29 bits per heavy atom. The Hall–Kier alpha value is -2.90. The van der Waals surface area contributed by atoms with Gasteiger partial charge < -0.3 is 20.3 Å². The molecular formula is C24H27N3O2S2. The van der Waals surface area contributed by atoms with Gasteiger partial charge in [0.25, 0.3) is 0 Å². The first-order chi connectivity index (χ1) is 15.0. The third-order valence-electron chi connectivity index (χ3n) is 4.77. The van der Waals surface area contributed by atoms with Gasteiger partial charge in [-0.2, -0.15) is 0 Å². The summed E-state index contributed by atoms with van der Waals surface area (Å²) in [6, 6.07) is 19.9. The molecule has 0 aliphatic heterocycles. The summed E-state index contributed by atoms with van der Waals surface area (Å²) in [4.78, 5) is 15.7. The second-order valence-electron chi connectivity index (χ2n) is 6.74. The molecule has 0 bridgehead atoms. The average molecular weight is 454 g/mol. The van der Waals surface area contributed by atoms with Gasteiger partial charge in [-0.15, -0.1) is 11.3 Å². The van der Waals surface area contributed by atoms with Gasteiger partial charge in [-0.1, -0.05) is 30.3 Å². The van der Waals surface area contributed by atoms with Gasteiger partial charge in [0.2, 0.25) is 0 Å². The highest BCUT2D eigenvalue weighted by molar-refractivity contribution is 7.80. The van der Waals surface area contributed by atoms with E-state index in [0.717, 1.165) is 29.2 Å². The lowest BCUT2D eigenvalue weighted by molar-refractivity contribution is 0.0528. The van der Waals surface area contributed by atoms with Gasteiger partial charge in [0.15, 0.2) is 5.11 Å². The number of hydrogen-bond acceptors (Lipinski definition) is 5. The summed E-state index contributed by atoms with van der Waals surface area (Å²) in [5.74, 6) is -0.366. The number of benzene rings is 2. The maximum atomic E-state index is 12.5. The third-order valence-corrected chi connectivity index (χ3v) is 6.07. The molecule has 7 heteroatoms. The zero-order valence-corrected chi connectivity index (χ0v) is 19.6. The summed E-state index contributed by atoms with van der Waals surface area (Å²) in [5, 5.41) is 7.45. The van der Waals surface area contributed by atoms with Crippen molar-refractivity contribution in [2.75, 3.05) is 35.2 Å². The number of thiocarbonyl (C=S) groups is 1. The molecule has 1 heterocycles. The first kappa shape index (κ1) is 22.8. The van der Waals surface area contributed by atoms with Gasteiger partial charge in [-0.25, -0.2) is 4.79 Å². The Morgan fingerprint density at radius 2 is 1.68 bits per heavy atom.